The van der Waals surface area contributed by atoms with E-state index in [1.807, 2.05) is 24.3 Å². The summed E-state index contributed by atoms with van der Waals surface area (Å²) in [6.45, 7) is 6.95. The summed E-state index contributed by atoms with van der Waals surface area (Å²) in [4.78, 5) is 0. The van der Waals surface area contributed by atoms with Gasteiger partial charge in [-0.2, -0.15) is 0 Å². The van der Waals surface area contributed by atoms with Crippen LogP contribution in [0.2, 0.25) is 0 Å². The maximum absolute atomic E-state index is 5.99. The Bertz CT molecular complexity index is 623. The first-order chi connectivity index (χ1) is 10.0. The zero-order chi connectivity index (χ0) is 15.4. The van der Waals surface area contributed by atoms with Crippen LogP contribution in [0.1, 0.15) is 28.3 Å². The molecular formula is C18H24N2O. The van der Waals surface area contributed by atoms with E-state index in [1.165, 1.54) is 22.3 Å². The predicted molar refractivity (Wildman–Crippen MR) is 89.1 cm³/mol. The molecule has 0 saturated heterocycles. The molecule has 0 fully saturated rings. The third kappa shape index (κ3) is 3.56. The molecule has 2 aromatic rings. The number of benzene rings is 2. The number of rotatable bonds is 5. The zero-order valence-corrected chi connectivity index (χ0v) is 13.2. The molecule has 0 aliphatic rings. The molecule has 0 aliphatic carbocycles. The van der Waals surface area contributed by atoms with Crippen LogP contribution in [-0.4, -0.2) is 13.7 Å². The lowest BCUT2D eigenvalue weighted by atomic mass is 9.95. The van der Waals surface area contributed by atoms with Crippen molar-refractivity contribution in [1.82, 2.24) is 0 Å². The maximum atomic E-state index is 5.99. The van der Waals surface area contributed by atoms with Crippen LogP contribution in [0.15, 0.2) is 36.4 Å². The van der Waals surface area contributed by atoms with Crippen molar-refractivity contribution in [3.8, 4) is 5.75 Å². The van der Waals surface area contributed by atoms with Crippen LogP contribution in [0.4, 0.5) is 5.69 Å². The number of methoxy groups -OCH3 is 1. The molecule has 0 heterocycles. The van der Waals surface area contributed by atoms with E-state index < -0.39 is 0 Å². The van der Waals surface area contributed by atoms with Crippen molar-refractivity contribution in [1.29, 1.82) is 0 Å². The van der Waals surface area contributed by atoms with Crippen molar-refractivity contribution in [3.63, 3.8) is 0 Å². The number of anilines is 1. The van der Waals surface area contributed by atoms with Gasteiger partial charge in [0.15, 0.2) is 0 Å². The van der Waals surface area contributed by atoms with Crippen LogP contribution in [-0.2, 0) is 0 Å². The second kappa shape index (κ2) is 6.64. The van der Waals surface area contributed by atoms with Crippen LogP contribution in [0.3, 0.4) is 0 Å². The van der Waals surface area contributed by atoms with Gasteiger partial charge in [-0.1, -0.05) is 18.2 Å². The van der Waals surface area contributed by atoms with Crippen LogP contribution in [0, 0.1) is 20.8 Å². The summed E-state index contributed by atoms with van der Waals surface area (Å²) in [5.74, 6) is 0.840. The number of ether oxygens (including phenoxy) is 1. The Morgan fingerprint density at radius 1 is 1.05 bits per heavy atom. The standard InChI is InChI=1S/C18H24N2O/c1-12-8-14(3)17(9-13(12)2)18(11-19)20-15-6-5-7-16(10-15)21-4/h5-10,18,20H,11,19H2,1-4H3. The molecular weight excluding hydrogens is 260 g/mol. The molecule has 112 valence electrons. The molecule has 1 unspecified atom stereocenters. The number of aryl methyl sites for hydroxylation is 3. The average Bonchev–Trinajstić information content (AvgIpc) is 2.49. The summed E-state index contributed by atoms with van der Waals surface area (Å²) in [6.07, 6.45) is 0. The molecule has 0 saturated carbocycles. The van der Waals surface area contributed by atoms with Crippen LogP contribution >= 0.6 is 0 Å². The summed E-state index contributed by atoms with van der Waals surface area (Å²) >= 11 is 0. The van der Waals surface area contributed by atoms with Gasteiger partial charge in [-0.15, -0.1) is 0 Å². The minimum absolute atomic E-state index is 0.0939. The molecule has 3 N–H and O–H groups in total. The van der Waals surface area contributed by atoms with Crippen LogP contribution in [0.25, 0.3) is 0 Å². The van der Waals surface area contributed by atoms with E-state index in [9.17, 15) is 0 Å². The summed E-state index contributed by atoms with van der Waals surface area (Å²) in [7, 11) is 1.67. The van der Waals surface area contributed by atoms with Gasteiger partial charge in [0.1, 0.15) is 5.75 Å². The quantitative estimate of drug-likeness (QED) is 0.879. The van der Waals surface area contributed by atoms with E-state index in [0.717, 1.165) is 11.4 Å². The molecule has 2 rings (SSSR count). The third-order valence-electron chi connectivity index (χ3n) is 3.90. The van der Waals surface area contributed by atoms with Crippen molar-refractivity contribution in [3.05, 3.63) is 58.7 Å². The van der Waals surface area contributed by atoms with Crippen molar-refractivity contribution in [2.75, 3.05) is 19.0 Å². The fourth-order valence-electron chi connectivity index (χ4n) is 2.54. The van der Waals surface area contributed by atoms with Gasteiger partial charge in [0.05, 0.1) is 13.2 Å². The Labute approximate surface area is 127 Å². The van der Waals surface area contributed by atoms with Crippen LogP contribution < -0.4 is 15.8 Å². The average molecular weight is 284 g/mol. The van der Waals surface area contributed by atoms with Crippen molar-refractivity contribution >= 4 is 5.69 Å². The Hall–Kier alpha value is -2.00. The highest BCUT2D eigenvalue weighted by molar-refractivity contribution is 5.51. The van der Waals surface area contributed by atoms with E-state index in [4.69, 9.17) is 10.5 Å². The number of hydrogen-bond acceptors (Lipinski definition) is 3. The molecule has 0 amide bonds. The van der Waals surface area contributed by atoms with E-state index in [-0.39, 0.29) is 6.04 Å². The fraction of sp³-hybridized carbons (Fsp3) is 0.333. The first-order valence-corrected chi connectivity index (χ1v) is 7.23. The highest BCUT2D eigenvalue weighted by Gasteiger charge is 2.13. The molecule has 2 aromatic carbocycles. The second-order valence-electron chi connectivity index (χ2n) is 5.46. The third-order valence-corrected chi connectivity index (χ3v) is 3.90. The second-order valence-corrected chi connectivity index (χ2v) is 5.46. The van der Waals surface area contributed by atoms with Gasteiger partial charge < -0.3 is 15.8 Å². The number of hydrogen-bond donors (Lipinski definition) is 2. The molecule has 21 heavy (non-hydrogen) atoms. The van der Waals surface area contributed by atoms with E-state index >= 15 is 0 Å². The zero-order valence-electron chi connectivity index (χ0n) is 13.2. The molecule has 0 spiro atoms. The Kier molecular flexibility index (Phi) is 4.86. The minimum atomic E-state index is 0.0939. The summed E-state index contributed by atoms with van der Waals surface area (Å²) in [5, 5.41) is 3.50. The first kappa shape index (κ1) is 15.4. The van der Waals surface area contributed by atoms with Crippen molar-refractivity contribution in [2.24, 2.45) is 5.73 Å². The fourth-order valence-corrected chi connectivity index (χ4v) is 2.54. The van der Waals surface area contributed by atoms with E-state index in [1.54, 1.807) is 7.11 Å². The lowest BCUT2D eigenvalue weighted by Gasteiger charge is -2.22. The largest absolute Gasteiger partial charge is 0.497 e. The summed E-state index contributed by atoms with van der Waals surface area (Å²) < 4.78 is 5.26. The van der Waals surface area contributed by atoms with E-state index in [2.05, 4.69) is 38.2 Å². The van der Waals surface area contributed by atoms with Gasteiger partial charge in [0.2, 0.25) is 0 Å². The molecule has 0 aromatic heterocycles. The number of nitrogens with two attached hydrogens (primary N) is 1. The van der Waals surface area contributed by atoms with Gasteiger partial charge in [-0.25, -0.2) is 0 Å². The highest BCUT2D eigenvalue weighted by Crippen LogP contribution is 2.26. The molecule has 0 bridgehead atoms. The summed E-state index contributed by atoms with van der Waals surface area (Å²) in [5.41, 5.74) is 12.1. The first-order valence-electron chi connectivity index (χ1n) is 7.23. The molecule has 3 nitrogen and oxygen atoms in total. The molecule has 1 atom stereocenters. The Balaban J connectivity index is 2.29. The Morgan fingerprint density at radius 2 is 1.76 bits per heavy atom. The molecule has 0 radical (unpaired) electrons. The van der Waals surface area contributed by atoms with Crippen LogP contribution in [0.5, 0.6) is 5.75 Å². The van der Waals surface area contributed by atoms with Crippen molar-refractivity contribution < 1.29 is 4.74 Å². The van der Waals surface area contributed by atoms with Gasteiger partial charge in [-0.3, -0.25) is 0 Å². The monoisotopic (exact) mass is 284 g/mol. The Morgan fingerprint density at radius 3 is 2.43 bits per heavy atom. The lowest BCUT2D eigenvalue weighted by molar-refractivity contribution is 0.415. The normalized spacial score (nSPS) is 12.0. The van der Waals surface area contributed by atoms with Gasteiger partial charge in [-0.05, 0) is 55.2 Å². The molecule has 0 aliphatic heterocycles. The summed E-state index contributed by atoms with van der Waals surface area (Å²) in [6, 6.07) is 12.5. The topological polar surface area (TPSA) is 47.3 Å². The SMILES string of the molecule is COc1cccc(NC(CN)c2cc(C)c(C)cc2C)c1. The smallest absolute Gasteiger partial charge is 0.120 e. The van der Waals surface area contributed by atoms with E-state index in [0.29, 0.717) is 6.54 Å². The van der Waals surface area contributed by atoms with Gasteiger partial charge in [0, 0.05) is 18.3 Å². The molecule has 3 heteroatoms. The predicted octanol–water partition coefficient (Wildman–Crippen LogP) is 3.73. The highest BCUT2D eigenvalue weighted by atomic mass is 16.5. The van der Waals surface area contributed by atoms with Gasteiger partial charge in [0.25, 0.3) is 0 Å². The van der Waals surface area contributed by atoms with Gasteiger partial charge >= 0.3 is 0 Å². The minimum Gasteiger partial charge on any atom is -0.497 e. The number of nitrogens with one attached hydrogen (secondary N) is 1. The lowest BCUT2D eigenvalue weighted by Crippen LogP contribution is -2.21. The van der Waals surface area contributed by atoms with Crippen molar-refractivity contribution in [2.45, 2.75) is 26.8 Å². The maximum Gasteiger partial charge on any atom is 0.120 e.